The summed E-state index contributed by atoms with van der Waals surface area (Å²) in [5, 5.41) is 4.53. The van der Waals surface area contributed by atoms with Crippen LogP contribution in [-0.2, 0) is 17.9 Å². The Morgan fingerprint density at radius 3 is 2.58 bits per heavy atom. The number of rotatable bonds is 5. The maximum Gasteiger partial charge on any atom is 0.0733 e. The van der Waals surface area contributed by atoms with Gasteiger partial charge >= 0.3 is 0 Å². The van der Waals surface area contributed by atoms with E-state index in [9.17, 15) is 0 Å². The van der Waals surface area contributed by atoms with Gasteiger partial charge in [0.25, 0.3) is 0 Å². The van der Waals surface area contributed by atoms with E-state index in [1.54, 1.807) is 7.11 Å². The molecule has 4 heteroatoms. The van der Waals surface area contributed by atoms with Gasteiger partial charge in [0.1, 0.15) is 0 Å². The van der Waals surface area contributed by atoms with Crippen LogP contribution in [-0.4, -0.2) is 7.11 Å². The lowest BCUT2D eigenvalue weighted by Gasteiger charge is -2.12. The lowest BCUT2D eigenvalue weighted by atomic mass is 10.1. The molecule has 0 saturated heterocycles. The summed E-state index contributed by atoms with van der Waals surface area (Å²) in [7, 11) is 1.69. The number of benzene rings is 2. The van der Waals surface area contributed by atoms with Crippen molar-refractivity contribution in [1.29, 1.82) is 0 Å². The van der Waals surface area contributed by atoms with Crippen molar-refractivity contribution in [2.75, 3.05) is 12.4 Å². The lowest BCUT2D eigenvalue weighted by molar-refractivity contribution is 0.185. The normalized spacial score (nSPS) is 10.5. The molecule has 2 rings (SSSR count). The molecule has 2 nitrogen and oxygen atoms in total. The van der Waals surface area contributed by atoms with Gasteiger partial charge in [0.05, 0.1) is 16.7 Å². The average Bonchev–Trinajstić information content (AvgIpc) is 2.42. The molecule has 0 amide bonds. The summed E-state index contributed by atoms with van der Waals surface area (Å²) < 4.78 is 5.18. The molecule has 0 aliphatic rings. The minimum absolute atomic E-state index is 0.574. The average molecular weight is 296 g/mol. The first-order valence-corrected chi connectivity index (χ1v) is 6.71. The summed E-state index contributed by atoms with van der Waals surface area (Å²) in [4.78, 5) is 0. The Labute approximate surface area is 123 Å². The van der Waals surface area contributed by atoms with Gasteiger partial charge in [-0.3, -0.25) is 0 Å². The van der Waals surface area contributed by atoms with Gasteiger partial charge in [0.2, 0.25) is 0 Å². The Kier molecular flexibility index (Phi) is 5.08. The van der Waals surface area contributed by atoms with Crippen molar-refractivity contribution in [3.8, 4) is 0 Å². The number of anilines is 1. The van der Waals surface area contributed by atoms with E-state index in [0.717, 1.165) is 16.8 Å². The third-order valence-electron chi connectivity index (χ3n) is 2.78. The maximum absolute atomic E-state index is 6.00. The van der Waals surface area contributed by atoms with E-state index in [-0.39, 0.29) is 0 Å². The second kappa shape index (κ2) is 6.80. The van der Waals surface area contributed by atoms with Crippen LogP contribution in [0.15, 0.2) is 42.5 Å². The number of nitrogens with one attached hydrogen (secondary N) is 1. The summed E-state index contributed by atoms with van der Waals surface area (Å²) in [6.07, 6.45) is 0. The van der Waals surface area contributed by atoms with Crippen LogP contribution >= 0.6 is 23.2 Å². The molecule has 2 aromatic carbocycles. The number of para-hydroxylation sites is 1. The van der Waals surface area contributed by atoms with Crippen molar-refractivity contribution in [2.24, 2.45) is 0 Å². The molecular weight excluding hydrogens is 281 g/mol. The fraction of sp³-hybridized carbons (Fsp3) is 0.200. The third kappa shape index (κ3) is 3.87. The Bertz CT molecular complexity index is 558. The van der Waals surface area contributed by atoms with Crippen LogP contribution in [0, 0.1) is 0 Å². The molecule has 0 spiro atoms. The van der Waals surface area contributed by atoms with E-state index in [4.69, 9.17) is 27.9 Å². The molecule has 0 aliphatic carbocycles. The largest absolute Gasteiger partial charge is 0.381 e. The van der Waals surface area contributed by atoms with Gasteiger partial charge < -0.3 is 10.1 Å². The fourth-order valence-corrected chi connectivity index (χ4v) is 2.14. The zero-order chi connectivity index (χ0) is 13.7. The van der Waals surface area contributed by atoms with Crippen molar-refractivity contribution in [3.05, 3.63) is 63.6 Å². The van der Waals surface area contributed by atoms with Crippen LogP contribution in [0.1, 0.15) is 11.1 Å². The molecule has 0 saturated carbocycles. The fourth-order valence-electron chi connectivity index (χ4n) is 1.82. The number of hydrogen-bond donors (Lipinski definition) is 1. The molecule has 100 valence electrons. The number of methoxy groups -OCH3 is 1. The highest BCUT2D eigenvalue weighted by molar-refractivity contribution is 6.42. The summed E-state index contributed by atoms with van der Waals surface area (Å²) in [5.74, 6) is 0. The van der Waals surface area contributed by atoms with Crippen LogP contribution in [0.4, 0.5) is 5.69 Å². The number of hydrogen-bond acceptors (Lipinski definition) is 2. The first-order valence-electron chi connectivity index (χ1n) is 5.95. The van der Waals surface area contributed by atoms with Crippen molar-refractivity contribution < 1.29 is 4.74 Å². The molecular formula is C15H15Cl2NO. The third-order valence-corrected chi connectivity index (χ3v) is 3.52. The number of ether oxygens (including phenoxy) is 1. The molecule has 0 atom stereocenters. The Morgan fingerprint density at radius 1 is 1.05 bits per heavy atom. The predicted molar refractivity (Wildman–Crippen MR) is 80.9 cm³/mol. The topological polar surface area (TPSA) is 21.3 Å². The van der Waals surface area contributed by atoms with E-state index in [1.165, 1.54) is 0 Å². The molecule has 0 heterocycles. The molecule has 19 heavy (non-hydrogen) atoms. The van der Waals surface area contributed by atoms with E-state index in [0.29, 0.717) is 23.2 Å². The molecule has 0 radical (unpaired) electrons. The number of halogens is 2. The van der Waals surface area contributed by atoms with Gasteiger partial charge in [-0.1, -0.05) is 47.5 Å². The predicted octanol–water partition coefficient (Wildman–Crippen LogP) is 4.75. The van der Waals surface area contributed by atoms with Crippen LogP contribution in [0.2, 0.25) is 10.0 Å². The quantitative estimate of drug-likeness (QED) is 0.859. The zero-order valence-electron chi connectivity index (χ0n) is 10.6. The van der Waals surface area contributed by atoms with Crippen molar-refractivity contribution >= 4 is 28.9 Å². The second-order valence-electron chi connectivity index (χ2n) is 4.19. The monoisotopic (exact) mass is 295 g/mol. The molecule has 0 aliphatic heterocycles. The van der Waals surface area contributed by atoms with Crippen molar-refractivity contribution in [2.45, 2.75) is 13.2 Å². The minimum atomic E-state index is 0.574. The van der Waals surface area contributed by atoms with E-state index in [2.05, 4.69) is 5.32 Å². The maximum atomic E-state index is 6.00. The van der Waals surface area contributed by atoms with Gasteiger partial charge in [-0.25, -0.2) is 0 Å². The Morgan fingerprint density at radius 2 is 1.84 bits per heavy atom. The highest BCUT2D eigenvalue weighted by Gasteiger charge is 2.03. The smallest absolute Gasteiger partial charge is 0.0733 e. The van der Waals surface area contributed by atoms with E-state index in [1.807, 2.05) is 42.5 Å². The second-order valence-corrected chi connectivity index (χ2v) is 5.01. The van der Waals surface area contributed by atoms with Gasteiger partial charge in [0, 0.05) is 24.9 Å². The van der Waals surface area contributed by atoms with Crippen LogP contribution in [0.5, 0.6) is 0 Å². The molecule has 1 N–H and O–H groups in total. The van der Waals surface area contributed by atoms with Crippen LogP contribution < -0.4 is 5.32 Å². The standard InChI is InChI=1S/C15H15Cl2NO/c1-19-10-12-4-2-3-5-15(12)18-9-11-6-7-13(16)14(17)8-11/h2-8,18H,9-10H2,1H3. The summed E-state index contributed by atoms with van der Waals surface area (Å²) in [5.41, 5.74) is 3.28. The van der Waals surface area contributed by atoms with E-state index >= 15 is 0 Å². The Hall–Kier alpha value is -1.22. The van der Waals surface area contributed by atoms with Gasteiger partial charge in [-0.2, -0.15) is 0 Å². The van der Waals surface area contributed by atoms with Gasteiger partial charge in [-0.05, 0) is 23.8 Å². The zero-order valence-corrected chi connectivity index (χ0v) is 12.1. The molecule has 0 bridgehead atoms. The first kappa shape index (κ1) is 14.2. The first-order chi connectivity index (χ1) is 9.20. The highest BCUT2D eigenvalue weighted by atomic mass is 35.5. The van der Waals surface area contributed by atoms with Crippen LogP contribution in [0.3, 0.4) is 0 Å². The molecule has 2 aromatic rings. The van der Waals surface area contributed by atoms with Crippen molar-refractivity contribution in [1.82, 2.24) is 0 Å². The highest BCUT2D eigenvalue weighted by Crippen LogP contribution is 2.23. The van der Waals surface area contributed by atoms with Gasteiger partial charge in [-0.15, -0.1) is 0 Å². The minimum Gasteiger partial charge on any atom is -0.381 e. The molecule has 0 fully saturated rings. The Balaban J connectivity index is 2.07. The summed E-state index contributed by atoms with van der Waals surface area (Å²) >= 11 is 11.9. The lowest BCUT2D eigenvalue weighted by Crippen LogP contribution is -2.03. The van der Waals surface area contributed by atoms with E-state index < -0.39 is 0 Å². The summed E-state index contributed by atoms with van der Waals surface area (Å²) in [6.45, 7) is 1.28. The molecule has 0 unspecified atom stereocenters. The van der Waals surface area contributed by atoms with Gasteiger partial charge in [0.15, 0.2) is 0 Å². The van der Waals surface area contributed by atoms with Crippen molar-refractivity contribution in [3.63, 3.8) is 0 Å². The molecule has 0 aromatic heterocycles. The van der Waals surface area contributed by atoms with Crippen LogP contribution in [0.25, 0.3) is 0 Å². The SMILES string of the molecule is COCc1ccccc1NCc1ccc(Cl)c(Cl)c1. The summed E-state index contributed by atoms with van der Waals surface area (Å²) in [6, 6.07) is 13.7.